The summed E-state index contributed by atoms with van der Waals surface area (Å²) in [5, 5.41) is 13.0. The average Bonchev–Trinajstić information content (AvgIpc) is 3.16. The van der Waals surface area contributed by atoms with E-state index in [-0.39, 0.29) is 5.95 Å². The van der Waals surface area contributed by atoms with Crippen LogP contribution in [0.4, 0.5) is 23.5 Å². The zero-order chi connectivity index (χ0) is 22.5. The van der Waals surface area contributed by atoms with E-state index >= 15 is 0 Å². The van der Waals surface area contributed by atoms with Crippen molar-refractivity contribution in [1.29, 1.82) is 0 Å². The Morgan fingerprint density at radius 1 is 1.09 bits per heavy atom. The number of thioether (sulfide) groups is 1. The number of nitrogens with zero attached hydrogens (tertiary/aromatic N) is 7. The van der Waals surface area contributed by atoms with Crippen LogP contribution in [-0.4, -0.2) is 56.0 Å². The molecule has 11 heteroatoms. The van der Waals surface area contributed by atoms with Gasteiger partial charge >= 0.3 is 0 Å². The number of hydrogen-bond donors (Lipinski definition) is 2. The molecule has 0 unspecified atom stereocenters. The number of morpholine rings is 1. The first-order chi connectivity index (χ1) is 15.5. The molecule has 2 aromatic heterocycles. The van der Waals surface area contributed by atoms with E-state index in [1.165, 1.54) is 5.56 Å². The minimum absolute atomic E-state index is 0.183. The highest BCUT2D eigenvalue weighted by Crippen LogP contribution is 2.26. The first-order valence-electron chi connectivity index (χ1n) is 10.7. The van der Waals surface area contributed by atoms with Gasteiger partial charge in [-0.25, -0.2) is 0 Å². The Morgan fingerprint density at radius 3 is 2.56 bits per heavy atom. The van der Waals surface area contributed by atoms with Crippen molar-refractivity contribution in [3.05, 3.63) is 35.7 Å². The summed E-state index contributed by atoms with van der Waals surface area (Å²) in [5.74, 6) is 3.06. The summed E-state index contributed by atoms with van der Waals surface area (Å²) >= 11 is 1.55. The van der Waals surface area contributed by atoms with Gasteiger partial charge in [0.1, 0.15) is 5.82 Å². The van der Waals surface area contributed by atoms with Gasteiger partial charge in [-0.15, -0.1) is 10.2 Å². The van der Waals surface area contributed by atoms with Crippen LogP contribution in [0.15, 0.2) is 29.4 Å². The van der Waals surface area contributed by atoms with Crippen molar-refractivity contribution in [2.45, 2.75) is 38.2 Å². The molecule has 1 aliphatic heterocycles. The van der Waals surface area contributed by atoms with E-state index in [0.29, 0.717) is 36.7 Å². The van der Waals surface area contributed by atoms with E-state index in [4.69, 9.17) is 10.5 Å². The van der Waals surface area contributed by atoms with Crippen molar-refractivity contribution in [3.63, 3.8) is 0 Å². The molecule has 4 rings (SSSR count). The van der Waals surface area contributed by atoms with E-state index in [1.807, 2.05) is 31.2 Å². The first-order valence-corrected chi connectivity index (χ1v) is 11.7. The van der Waals surface area contributed by atoms with E-state index in [1.54, 1.807) is 11.8 Å². The molecule has 170 valence electrons. The van der Waals surface area contributed by atoms with Crippen molar-refractivity contribution in [3.8, 4) is 0 Å². The quantitative estimate of drug-likeness (QED) is 0.491. The monoisotopic (exact) mass is 455 g/mol. The minimum atomic E-state index is 0.183. The number of nitrogens with one attached hydrogen (secondary N) is 1. The van der Waals surface area contributed by atoms with Gasteiger partial charge in [0.25, 0.3) is 0 Å². The van der Waals surface area contributed by atoms with Gasteiger partial charge in [0.15, 0.2) is 5.16 Å². The number of anilines is 4. The number of nitrogen functional groups attached to an aromatic ring is 1. The molecule has 0 aliphatic carbocycles. The summed E-state index contributed by atoms with van der Waals surface area (Å²) < 4.78 is 7.66. The third kappa shape index (κ3) is 5.65. The second-order valence-electron chi connectivity index (χ2n) is 8.10. The molecule has 0 spiro atoms. The normalized spacial score (nSPS) is 14.2. The maximum atomic E-state index is 5.94. The zero-order valence-corrected chi connectivity index (χ0v) is 19.5. The third-order valence-electron chi connectivity index (χ3n) is 4.88. The van der Waals surface area contributed by atoms with Crippen molar-refractivity contribution in [2.75, 3.05) is 42.3 Å². The molecular formula is C21H29N9OS. The number of ether oxygens (including phenoxy) is 1. The van der Waals surface area contributed by atoms with Gasteiger partial charge in [-0.3, -0.25) is 4.57 Å². The van der Waals surface area contributed by atoms with Crippen LogP contribution in [-0.2, 0) is 17.0 Å². The molecule has 3 aromatic rings. The molecule has 0 saturated carbocycles. The number of benzene rings is 1. The van der Waals surface area contributed by atoms with Crippen LogP contribution in [0.25, 0.3) is 0 Å². The smallest absolute Gasteiger partial charge is 0.232 e. The third-order valence-corrected chi connectivity index (χ3v) is 5.84. The molecule has 10 nitrogen and oxygen atoms in total. The number of nitrogens with two attached hydrogens (primary N) is 1. The van der Waals surface area contributed by atoms with Crippen LogP contribution in [0.1, 0.15) is 25.2 Å². The Labute approximate surface area is 192 Å². The fourth-order valence-corrected chi connectivity index (χ4v) is 4.16. The molecular weight excluding hydrogens is 426 g/mol. The van der Waals surface area contributed by atoms with Crippen molar-refractivity contribution in [2.24, 2.45) is 5.92 Å². The maximum Gasteiger partial charge on any atom is 0.232 e. The highest BCUT2D eigenvalue weighted by molar-refractivity contribution is 7.98. The van der Waals surface area contributed by atoms with Gasteiger partial charge in [0.05, 0.1) is 19.0 Å². The maximum absolute atomic E-state index is 5.94. The Balaban J connectivity index is 1.49. The van der Waals surface area contributed by atoms with E-state index in [9.17, 15) is 0 Å². The minimum Gasteiger partial charge on any atom is -0.378 e. The summed E-state index contributed by atoms with van der Waals surface area (Å²) in [7, 11) is 0. The van der Waals surface area contributed by atoms with Gasteiger partial charge in [0.2, 0.25) is 17.8 Å². The lowest BCUT2D eigenvalue weighted by Gasteiger charge is -2.28. The fourth-order valence-electron chi connectivity index (χ4n) is 3.36. The lowest BCUT2D eigenvalue weighted by Crippen LogP contribution is -2.38. The van der Waals surface area contributed by atoms with Crippen LogP contribution >= 0.6 is 11.8 Å². The number of aryl methyl sites for hydroxylation is 1. The van der Waals surface area contributed by atoms with Gasteiger partial charge in [0, 0.05) is 25.3 Å². The molecule has 1 aromatic carbocycles. The number of hydrogen-bond acceptors (Lipinski definition) is 10. The van der Waals surface area contributed by atoms with E-state index in [2.05, 4.69) is 53.8 Å². The lowest BCUT2D eigenvalue weighted by molar-refractivity contribution is 0.121. The molecule has 1 fully saturated rings. The Bertz CT molecular complexity index is 1030. The SMILES string of the molecule is Cc1ccc(Nc2nc(N)nc(CSc3nnc(N4CCOCC4)n3CC(C)C)n2)cc1. The molecule has 1 aliphatic rings. The Kier molecular flexibility index (Phi) is 7.05. The van der Waals surface area contributed by atoms with Crippen molar-refractivity contribution >= 4 is 35.3 Å². The predicted octanol–water partition coefficient (Wildman–Crippen LogP) is 2.88. The average molecular weight is 456 g/mol. The lowest BCUT2D eigenvalue weighted by atomic mass is 10.2. The van der Waals surface area contributed by atoms with Crippen LogP contribution in [0, 0.1) is 12.8 Å². The summed E-state index contributed by atoms with van der Waals surface area (Å²) in [5.41, 5.74) is 8.02. The molecule has 0 amide bonds. The Morgan fingerprint density at radius 2 is 1.84 bits per heavy atom. The van der Waals surface area contributed by atoms with E-state index < -0.39 is 0 Å². The Hall–Kier alpha value is -2.92. The second-order valence-corrected chi connectivity index (χ2v) is 9.04. The first kappa shape index (κ1) is 22.3. The number of rotatable bonds is 8. The topological polar surface area (TPSA) is 120 Å². The van der Waals surface area contributed by atoms with Crippen molar-refractivity contribution in [1.82, 2.24) is 29.7 Å². The molecule has 32 heavy (non-hydrogen) atoms. The predicted molar refractivity (Wildman–Crippen MR) is 126 cm³/mol. The molecule has 3 N–H and O–H groups in total. The molecule has 0 atom stereocenters. The molecule has 0 bridgehead atoms. The van der Waals surface area contributed by atoms with Gasteiger partial charge in [-0.1, -0.05) is 43.3 Å². The van der Waals surface area contributed by atoms with Gasteiger partial charge < -0.3 is 20.7 Å². The highest BCUT2D eigenvalue weighted by atomic mass is 32.2. The van der Waals surface area contributed by atoms with Gasteiger partial charge in [-0.05, 0) is 25.0 Å². The highest BCUT2D eigenvalue weighted by Gasteiger charge is 2.21. The molecule has 0 radical (unpaired) electrons. The van der Waals surface area contributed by atoms with Crippen LogP contribution < -0.4 is 16.0 Å². The second kappa shape index (κ2) is 10.1. The standard InChI is InChI=1S/C21H29N9OS/c1-14(2)12-30-20(29-8-10-31-11-9-29)27-28-21(30)32-13-17-24-18(22)26-19(25-17)23-16-6-4-15(3)5-7-16/h4-7,14H,8-13H2,1-3H3,(H3,22,23,24,25,26). The molecule has 1 saturated heterocycles. The summed E-state index contributed by atoms with van der Waals surface area (Å²) in [6, 6.07) is 8.01. The zero-order valence-electron chi connectivity index (χ0n) is 18.7. The van der Waals surface area contributed by atoms with Crippen LogP contribution in [0.5, 0.6) is 0 Å². The summed E-state index contributed by atoms with van der Waals surface area (Å²) in [6.07, 6.45) is 0. The van der Waals surface area contributed by atoms with Crippen molar-refractivity contribution < 1.29 is 4.74 Å². The van der Waals surface area contributed by atoms with Gasteiger partial charge in [-0.2, -0.15) is 15.0 Å². The number of aromatic nitrogens is 6. The largest absolute Gasteiger partial charge is 0.378 e. The fraction of sp³-hybridized carbons (Fsp3) is 0.476. The summed E-state index contributed by atoms with van der Waals surface area (Å²) in [6.45, 7) is 10.3. The summed E-state index contributed by atoms with van der Waals surface area (Å²) in [4.78, 5) is 15.3. The molecule has 3 heterocycles. The van der Waals surface area contributed by atoms with Crippen LogP contribution in [0.3, 0.4) is 0 Å². The van der Waals surface area contributed by atoms with Crippen LogP contribution in [0.2, 0.25) is 0 Å². The van der Waals surface area contributed by atoms with E-state index in [0.717, 1.165) is 36.4 Å².